The summed E-state index contributed by atoms with van der Waals surface area (Å²) in [5.41, 5.74) is 0.251. The fourth-order valence-corrected chi connectivity index (χ4v) is 2.36. The zero-order valence-corrected chi connectivity index (χ0v) is 13.0. The largest absolute Gasteiger partial charge is 0.445 e. The molecule has 1 aromatic carbocycles. The maximum Gasteiger partial charge on any atom is 0.408 e. The van der Waals surface area contributed by atoms with Gasteiger partial charge in [0.2, 0.25) is 5.91 Å². The Hall–Kier alpha value is -2.37. The number of likely N-dealkylation sites (tertiary alicyclic amines) is 1. The van der Waals surface area contributed by atoms with Crippen LogP contribution in [-0.4, -0.2) is 34.4 Å². The summed E-state index contributed by atoms with van der Waals surface area (Å²) in [6.07, 6.45) is -0.734. The maximum absolute atomic E-state index is 12.2. The van der Waals surface area contributed by atoms with Gasteiger partial charge in [-0.15, -0.1) is 0 Å². The first-order valence-corrected chi connectivity index (χ1v) is 7.13. The van der Waals surface area contributed by atoms with E-state index in [0.717, 1.165) is 5.56 Å². The summed E-state index contributed by atoms with van der Waals surface area (Å²) < 4.78 is 5.06. The van der Waals surface area contributed by atoms with Crippen molar-refractivity contribution in [1.82, 2.24) is 10.2 Å². The second-order valence-electron chi connectivity index (χ2n) is 6.20. The van der Waals surface area contributed by atoms with Crippen LogP contribution in [0.15, 0.2) is 30.3 Å². The van der Waals surface area contributed by atoms with Crippen LogP contribution in [0.1, 0.15) is 32.8 Å². The minimum atomic E-state index is -0.852. The molecule has 1 aliphatic heterocycles. The maximum atomic E-state index is 12.2. The van der Waals surface area contributed by atoms with Gasteiger partial charge in [0, 0.05) is 5.54 Å². The standard InChI is InChI=1S/C16H20N2O4/c1-16(2,3)18-13(19)9-12(14(18)20)17-15(21)22-10-11-7-5-4-6-8-11/h4-8,12H,9-10H2,1-3H3,(H,17,21)/t12-/m0/s1. The molecule has 6 nitrogen and oxygen atoms in total. The second kappa shape index (κ2) is 6.17. The van der Waals surface area contributed by atoms with Crippen LogP contribution >= 0.6 is 0 Å². The van der Waals surface area contributed by atoms with Crippen LogP contribution in [0.3, 0.4) is 0 Å². The van der Waals surface area contributed by atoms with Crippen molar-refractivity contribution in [2.24, 2.45) is 0 Å². The number of ether oxygens (including phenoxy) is 1. The number of imide groups is 1. The first-order chi connectivity index (χ1) is 10.3. The molecule has 1 N–H and O–H groups in total. The fraction of sp³-hybridized carbons (Fsp3) is 0.438. The molecule has 3 amide bonds. The van der Waals surface area contributed by atoms with Crippen molar-refractivity contribution < 1.29 is 19.1 Å². The van der Waals surface area contributed by atoms with Gasteiger partial charge in [0.05, 0.1) is 6.42 Å². The third kappa shape index (κ3) is 3.63. The highest BCUT2D eigenvalue weighted by molar-refractivity contribution is 6.07. The summed E-state index contributed by atoms with van der Waals surface area (Å²) >= 11 is 0. The average molecular weight is 304 g/mol. The van der Waals surface area contributed by atoms with Crippen LogP contribution in [0.4, 0.5) is 4.79 Å². The van der Waals surface area contributed by atoms with Gasteiger partial charge in [0.25, 0.3) is 5.91 Å². The third-order valence-electron chi connectivity index (χ3n) is 3.32. The number of hydrogen-bond acceptors (Lipinski definition) is 4. The van der Waals surface area contributed by atoms with Gasteiger partial charge < -0.3 is 10.1 Å². The average Bonchev–Trinajstić information content (AvgIpc) is 2.72. The lowest BCUT2D eigenvalue weighted by molar-refractivity contribution is -0.144. The number of carbonyl (C=O) groups excluding carboxylic acids is 3. The summed E-state index contributed by atoms with van der Waals surface area (Å²) in [7, 11) is 0. The van der Waals surface area contributed by atoms with Gasteiger partial charge in [-0.3, -0.25) is 14.5 Å². The van der Waals surface area contributed by atoms with Crippen molar-refractivity contribution in [2.45, 2.75) is 45.4 Å². The van der Waals surface area contributed by atoms with Gasteiger partial charge in [-0.25, -0.2) is 4.79 Å². The Morgan fingerprint density at radius 3 is 2.45 bits per heavy atom. The van der Waals surface area contributed by atoms with E-state index in [1.807, 2.05) is 30.3 Å². The number of nitrogens with zero attached hydrogens (tertiary/aromatic N) is 1. The van der Waals surface area contributed by atoms with Gasteiger partial charge in [0.15, 0.2) is 0 Å². The van der Waals surface area contributed by atoms with Crippen molar-refractivity contribution in [3.05, 3.63) is 35.9 Å². The highest BCUT2D eigenvalue weighted by atomic mass is 16.5. The van der Waals surface area contributed by atoms with E-state index in [2.05, 4.69) is 5.32 Å². The number of alkyl carbamates (subject to hydrolysis) is 1. The highest BCUT2D eigenvalue weighted by Crippen LogP contribution is 2.23. The lowest BCUT2D eigenvalue weighted by Gasteiger charge is -2.30. The molecule has 0 radical (unpaired) electrons. The zero-order valence-electron chi connectivity index (χ0n) is 13.0. The number of carbonyl (C=O) groups is 3. The third-order valence-corrected chi connectivity index (χ3v) is 3.32. The van der Waals surface area contributed by atoms with E-state index in [-0.39, 0.29) is 18.9 Å². The van der Waals surface area contributed by atoms with E-state index >= 15 is 0 Å². The summed E-state index contributed by atoms with van der Waals surface area (Å²) in [6.45, 7) is 5.45. The molecule has 1 aromatic rings. The lowest BCUT2D eigenvalue weighted by Crippen LogP contribution is -2.49. The molecule has 1 heterocycles. The van der Waals surface area contributed by atoms with E-state index in [0.29, 0.717) is 0 Å². The molecule has 0 aromatic heterocycles. The van der Waals surface area contributed by atoms with E-state index in [1.165, 1.54) is 4.90 Å². The topological polar surface area (TPSA) is 75.7 Å². The molecular formula is C16H20N2O4. The van der Waals surface area contributed by atoms with Crippen LogP contribution in [0.5, 0.6) is 0 Å². The summed E-state index contributed by atoms with van der Waals surface area (Å²) in [6, 6.07) is 8.37. The molecular weight excluding hydrogens is 284 g/mol. The Balaban J connectivity index is 1.90. The molecule has 0 spiro atoms. The minimum Gasteiger partial charge on any atom is -0.445 e. The predicted molar refractivity (Wildman–Crippen MR) is 79.8 cm³/mol. The second-order valence-corrected chi connectivity index (χ2v) is 6.20. The monoisotopic (exact) mass is 304 g/mol. The van der Waals surface area contributed by atoms with Crippen molar-refractivity contribution in [3.63, 3.8) is 0 Å². The van der Waals surface area contributed by atoms with Crippen LogP contribution in [0.25, 0.3) is 0 Å². The lowest BCUT2D eigenvalue weighted by atomic mass is 10.1. The minimum absolute atomic E-state index is 0.0312. The van der Waals surface area contributed by atoms with Crippen LogP contribution < -0.4 is 5.32 Å². The SMILES string of the molecule is CC(C)(C)N1C(=O)C[C@H](NC(=O)OCc2ccccc2)C1=O. The van der Waals surface area contributed by atoms with Crippen molar-refractivity contribution in [2.75, 3.05) is 0 Å². The molecule has 1 fully saturated rings. The summed E-state index contributed by atoms with van der Waals surface area (Å²) in [4.78, 5) is 37.1. The molecule has 1 saturated heterocycles. The molecule has 118 valence electrons. The van der Waals surface area contributed by atoms with E-state index in [9.17, 15) is 14.4 Å². The van der Waals surface area contributed by atoms with Gasteiger partial charge in [-0.05, 0) is 26.3 Å². The first-order valence-electron chi connectivity index (χ1n) is 7.13. The number of amides is 3. The molecule has 1 atom stereocenters. The quantitative estimate of drug-likeness (QED) is 0.865. The van der Waals surface area contributed by atoms with E-state index < -0.39 is 23.6 Å². The number of hydrogen-bond donors (Lipinski definition) is 1. The molecule has 0 aliphatic carbocycles. The molecule has 2 rings (SSSR count). The Labute approximate surface area is 129 Å². The summed E-state index contributed by atoms with van der Waals surface area (Å²) in [5.74, 6) is -0.681. The van der Waals surface area contributed by atoms with Crippen LogP contribution in [0, 0.1) is 0 Å². The number of benzene rings is 1. The van der Waals surface area contributed by atoms with Crippen molar-refractivity contribution in [3.8, 4) is 0 Å². The smallest absolute Gasteiger partial charge is 0.408 e. The van der Waals surface area contributed by atoms with E-state index in [1.54, 1.807) is 20.8 Å². The van der Waals surface area contributed by atoms with E-state index in [4.69, 9.17) is 4.74 Å². The Bertz CT molecular complexity index is 578. The number of rotatable bonds is 3. The van der Waals surface area contributed by atoms with Gasteiger partial charge in [0.1, 0.15) is 12.6 Å². The Morgan fingerprint density at radius 2 is 1.91 bits per heavy atom. The Morgan fingerprint density at radius 1 is 1.27 bits per heavy atom. The van der Waals surface area contributed by atoms with Crippen molar-refractivity contribution in [1.29, 1.82) is 0 Å². The van der Waals surface area contributed by atoms with Crippen LogP contribution in [-0.2, 0) is 20.9 Å². The molecule has 0 unspecified atom stereocenters. The normalized spacial score (nSPS) is 18.5. The first kappa shape index (κ1) is 16.0. The molecule has 0 saturated carbocycles. The summed E-state index contributed by atoms with van der Waals surface area (Å²) in [5, 5.41) is 2.46. The molecule has 0 bridgehead atoms. The van der Waals surface area contributed by atoms with Gasteiger partial charge >= 0.3 is 6.09 Å². The van der Waals surface area contributed by atoms with Crippen molar-refractivity contribution >= 4 is 17.9 Å². The zero-order chi connectivity index (χ0) is 16.3. The molecule has 1 aliphatic rings. The fourth-order valence-electron chi connectivity index (χ4n) is 2.36. The highest BCUT2D eigenvalue weighted by Gasteiger charge is 2.44. The molecule has 6 heteroatoms. The number of nitrogens with one attached hydrogen (secondary N) is 1. The van der Waals surface area contributed by atoms with Crippen LogP contribution in [0.2, 0.25) is 0 Å². The Kier molecular flexibility index (Phi) is 4.49. The van der Waals surface area contributed by atoms with Gasteiger partial charge in [-0.2, -0.15) is 0 Å². The predicted octanol–water partition coefficient (Wildman–Crippen LogP) is 1.84. The van der Waals surface area contributed by atoms with Gasteiger partial charge in [-0.1, -0.05) is 30.3 Å². The molecule has 22 heavy (non-hydrogen) atoms.